The van der Waals surface area contributed by atoms with E-state index in [1.54, 1.807) is 6.07 Å². The Kier molecular flexibility index (Phi) is 12.5. The number of halogens is 2. The van der Waals surface area contributed by atoms with E-state index in [1.807, 2.05) is 56.6 Å². The number of hydrogen-bond donors (Lipinski definition) is 1. The molecular weight excluding hydrogens is 618 g/mol. The Hall–Kier alpha value is -2.73. The minimum absolute atomic E-state index is 0. The van der Waals surface area contributed by atoms with Crippen LogP contribution in [0.3, 0.4) is 0 Å². The molecule has 12 heteroatoms. The van der Waals surface area contributed by atoms with Crippen LogP contribution in [-0.2, 0) is 13.1 Å². The van der Waals surface area contributed by atoms with Crippen molar-refractivity contribution >= 4 is 64.4 Å². The third-order valence-corrected chi connectivity index (χ3v) is 8.64. The summed E-state index contributed by atoms with van der Waals surface area (Å²) in [6.45, 7) is 4.66. The van der Waals surface area contributed by atoms with Crippen molar-refractivity contribution in [2.24, 2.45) is 0 Å². The molecular formula is C34H43ClFN6NaO3. The number of aliphatic hydroxyl groups excluding tert-OH is 1. The SMILES string of the molecule is Cc1cc(CN(Cc2cn(C3CC3)c3cc(OCCO)c(F)cc3c2=O)[C@H]2CCCN(c3ccc(N(C)C)nc3)C2)ccn1.Cl.[NaH]. The standard InChI is InChI=1S/C34H41FN6O3.ClH.Na.H/c1-23-15-24(10-11-36-23)19-40(28-5-4-12-39(22-28)27-8-9-33(37-18-27)38(2)3)20-25-21-41(26-6-7-26)31-17-32(44-14-13-42)30(35)16-29(31)34(25)43;;;/h8-11,15-18,21,26,28,42H,4-7,12-14,19-20,22H2,1-3H3;1H;;/t28-;;;/m0.../s1. The van der Waals surface area contributed by atoms with Crippen LogP contribution in [0.5, 0.6) is 5.75 Å². The van der Waals surface area contributed by atoms with Crippen LogP contribution in [-0.4, -0.2) is 101 Å². The average molecular weight is 661 g/mol. The van der Waals surface area contributed by atoms with Crippen LogP contribution in [0.2, 0.25) is 0 Å². The molecule has 2 fully saturated rings. The fourth-order valence-electron chi connectivity index (χ4n) is 6.23. The van der Waals surface area contributed by atoms with Crippen LogP contribution in [0.25, 0.3) is 10.9 Å². The first-order chi connectivity index (χ1) is 21.3. The maximum absolute atomic E-state index is 15.1. The van der Waals surface area contributed by atoms with Gasteiger partial charge in [-0.15, -0.1) is 12.4 Å². The van der Waals surface area contributed by atoms with Gasteiger partial charge in [-0.1, -0.05) is 0 Å². The molecule has 9 nitrogen and oxygen atoms in total. The van der Waals surface area contributed by atoms with E-state index in [0.29, 0.717) is 29.6 Å². The number of hydrogen-bond acceptors (Lipinski definition) is 8. The number of aliphatic hydroxyl groups is 1. The van der Waals surface area contributed by atoms with E-state index in [9.17, 15) is 9.90 Å². The average Bonchev–Trinajstić information content (AvgIpc) is 3.87. The molecule has 1 atom stereocenters. The number of pyridine rings is 3. The fourth-order valence-corrected chi connectivity index (χ4v) is 6.23. The molecule has 0 bridgehead atoms. The van der Waals surface area contributed by atoms with E-state index in [1.165, 1.54) is 6.07 Å². The Morgan fingerprint density at radius 1 is 1.09 bits per heavy atom. The van der Waals surface area contributed by atoms with Crippen LogP contribution in [0.15, 0.2) is 59.8 Å². The molecule has 1 aliphatic heterocycles. The van der Waals surface area contributed by atoms with Gasteiger partial charge in [0.2, 0.25) is 0 Å². The summed E-state index contributed by atoms with van der Waals surface area (Å²) in [5, 5.41) is 9.53. The topological polar surface area (TPSA) is 87.0 Å². The van der Waals surface area contributed by atoms with Gasteiger partial charge in [0.25, 0.3) is 0 Å². The molecule has 4 aromatic rings. The molecule has 4 heterocycles. The van der Waals surface area contributed by atoms with Crippen molar-refractivity contribution in [2.45, 2.75) is 57.8 Å². The third kappa shape index (κ3) is 8.21. The molecule has 3 aromatic heterocycles. The Balaban J connectivity index is 0.00000240. The van der Waals surface area contributed by atoms with Gasteiger partial charge in [-0.05, 0) is 68.5 Å². The zero-order valence-corrected chi connectivity index (χ0v) is 27.0. The summed E-state index contributed by atoms with van der Waals surface area (Å²) in [6, 6.07) is 11.7. The van der Waals surface area contributed by atoms with Gasteiger partial charge in [-0.25, -0.2) is 9.37 Å². The van der Waals surface area contributed by atoms with Crippen LogP contribution in [0.1, 0.15) is 48.5 Å². The number of aromatic nitrogens is 3. The van der Waals surface area contributed by atoms with Gasteiger partial charge in [0.05, 0.1) is 24.0 Å². The zero-order valence-electron chi connectivity index (χ0n) is 26.2. The Morgan fingerprint density at radius 2 is 1.89 bits per heavy atom. The van der Waals surface area contributed by atoms with Crippen molar-refractivity contribution < 1.29 is 14.2 Å². The summed E-state index contributed by atoms with van der Waals surface area (Å²) in [4.78, 5) is 29.8. The normalized spacial score (nSPS) is 16.2. The Morgan fingerprint density at radius 3 is 2.57 bits per heavy atom. The summed E-state index contributed by atoms with van der Waals surface area (Å²) in [7, 11) is 3.97. The number of piperidine rings is 1. The molecule has 1 aromatic carbocycles. The molecule has 242 valence electrons. The first kappa shape index (κ1) is 36.1. The van der Waals surface area contributed by atoms with Gasteiger partial charge in [0, 0.05) is 87.5 Å². The van der Waals surface area contributed by atoms with Crippen LogP contribution in [0, 0.1) is 12.7 Å². The van der Waals surface area contributed by atoms with E-state index in [4.69, 9.17) is 4.74 Å². The minimum atomic E-state index is -0.594. The van der Waals surface area contributed by atoms with Crippen LogP contribution in [0.4, 0.5) is 15.9 Å². The second kappa shape index (κ2) is 15.9. The Labute approximate surface area is 298 Å². The molecule has 0 radical (unpaired) electrons. The summed E-state index contributed by atoms with van der Waals surface area (Å²) in [5.41, 5.74) is 4.37. The summed E-state index contributed by atoms with van der Waals surface area (Å²) < 4.78 is 22.6. The fraction of sp³-hybridized carbons (Fsp3) is 0.441. The van der Waals surface area contributed by atoms with Crippen molar-refractivity contribution in [1.82, 2.24) is 19.4 Å². The van der Waals surface area contributed by atoms with E-state index in [-0.39, 0.29) is 78.4 Å². The quantitative estimate of drug-likeness (QED) is 0.236. The number of rotatable bonds is 11. The summed E-state index contributed by atoms with van der Waals surface area (Å²) >= 11 is 0. The zero-order chi connectivity index (χ0) is 30.8. The predicted molar refractivity (Wildman–Crippen MR) is 185 cm³/mol. The van der Waals surface area contributed by atoms with Gasteiger partial charge in [-0.3, -0.25) is 14.7 Å². The molecule has 1 saturated heterocycles. The Bertz CT molecular complexity index is 1680. The number of aryl methyl sites for hydroxylation is 1. The van der Waals surface area contributed by atoms with Gasteiger partial charge in [0.1, 0.15) is 12.4 Å². The summed E-state index contributed by atoms with van der Waals surface area (Å²) in [6.07, 6.45) is 9.82. The first-order valence-electron chi connectivity index (χ1n) is 15.5. The molecule has 2 aliphatic rings. The number of anilines is 2. The van der Waals surface area contributed by atoms with Crippen LogP contribution < -0.4 is 20.0 Å². The molecule has 46 heavy (non-hydrogen) atoms. The number of ether oxygens (including phenoxy) is 1. The third-order valence-electron chi connectivity index (χ3n) is 8.64. The second-order valence-electron chi connectivity index (χ2n) is 12.2. The number of nitrogens with zero attached hydrogens (tertiary/aromatic N) is 6. The van der Waals surface area contributed by atoms with E-state index in [2.05, 4.69) is 36.5 Å². The van der Waals surface area contributed by atoms with Crippen LogP contribution >= 0.6 is 12.4 Å². The molecule has 1 aliphatic carbocycles. The first-order valence-corrected chi connectivity index (χ1v) is 15.5. The molecule has 0 amide bonds. The molecule has 1 saturated carbocycles. The van der Waals surface area contributed by atoms with E-state index in [0.717, 1.165) is 61.5 Å². The predicted octanol–water partition coefficient (Wildman–Crippen LogP) is 4.46. The van der Waals surface area contributed by atoms with E-state index < -0.39 is 5.82 Å². The van der Waals surface area contributed by atoms with Crippen molar-refractivity contribution in [1.29, 1.82) is 0 Å². The molecule has 1 N–H and O–H groups in total. The monoisotopic (exact) mass is 660 g/mol. The molecule has 6 rings (SSSR count). The molecule has 0 spiro atoms. The number of benzene rings is 1. The van der Waals surface area contributed by atoms with Crippen molar-refractivity contribution in [3.8, 4) is 5.75 Å². The second-order valence-corrected chi connectivity index (χ2v) is 12.2. The van der Waals surface area contributed by atoms with Gasteiger partial charge >= 0.3 is 29.6 Å². The van der Waals surface area contributed by atoms with Gasteiger partial charge in [0.15, 0.2) is 17.0 Å². The number of fused-ring (bicyclic) bond motifs is 1. The summed E-state index contributed by atoms with van der Waals surface area (Å²) in [5.74, 6) is 0.380. The van der Waals surface area contributed by atoms with Gasteiger partial charge < -0.3 is 24.2 Å². The van der Waals surface area contributed by atoms with Crippen molar-refractivity contribution in [2.75, 3.05) is 50.2 Å². The van der Waals surface area contributed by atoms with Crippen molar-refractivity contribution in [3.63, 3.8) is 0 Å². The maximum atomic E-state index is 15.1. The van der Waals surface area contributed by atoms with Crippen molar-refractivity contribution in [3.05, 3.63) is 87.9 Å². The van der Waals surface area contributed by atoms with Gasteiger partial charge in [-0.2, -0.15) is 0 Å². The molecule has 0 unspecified atom stereocenters. The van der Waals surface area contributed by atoms with E-state index >= 15 is 4.39 Å².